The molecule has 2 nitrogen and oxygen atoms in total. The average molecular weight is 241 g/mol. The molecular weight excluding hydrogens is 220 g/mol. The molecule has 0 amide bonds. The Morgan fingerprint density at radius 1 is 1.38 bits per heavy atom. The molecule has 0 bridgehead atoms. The summed E-state index contributed by atoms with van der Waals surface area (Å²) in [6, 6.07) is 4.28. The Balaban J connectivity index is 2.56. The van der Waals surface area contributed by atoms with Gasteiger partial charge in [-0.2, -0.15) is 0 Å². The molecule has 0 aliphatic rings. The highest BCUT2D eigenvalue weighted by molar-refractivity contribution is 6.31. The van der Waals surface area contributed by atoms with Crippen LogP contribution in [0.3, 0.4) is 0 Å². The zero-order valence-corrected chi connectivity index (χ0v) is 10.9. The molecule has 1 atom stereocenters. The fourth-order valence-electron chi connectivity index (χ4n) is 1.78. The molecule has 0 saturated carbocycles. The van der Waals surface area contributed by atoms with Crippen molar-refractivity contribution in [2.75, 3.05) is 6.54 Å². The molecule has 0 aliphatic carbocycles. The smallest absolute Gasteiger partial charge is 0.0622 e. The maximum atomic E-state index is 6.11. The minimum atomic E-state index is 0.498. The number of pyridine rings is 1. The zero-order valence-electron chi connectivity index (χ0n) is 10.2. The lowest BCUT2D eigenvalue weighted by Gasteiger charge is -2.17. The summed E-state index contributed by atoms with van der Waals surface area (Å²) in [6.07, 6.45) is 6.26. The molecular formula is C13H21ClN2. The predicted molar refractivity (Wildman–Crippen MR) is 69.9 cm³/mol. The van der Waals surface area contributed by atoms with Crippen LogP contribution in [0.15, 0.2) is 18.3 Å². The van der Waals surface area contributed by atoms with E-state index in [1.165, 1.54) is 12.8 Å². The standard InChI is InChI=1S/C13H21ClN2/c1-3-6-11(15-8-4-2)10-13-12(14)7-5-9-16-13/h5,7,9,11,15H,3-4,6,8,10H2,1-2H3. The van der Waals surface area contributed by atoms with Crippen LogP contribution in [0.1, 0.15) is 38.8 Å². The van der Waals surface area contributed by atoms with E-state index in [9.17, 15) is 0 Å². The highest BCUT2D eigenvalue weighted by atomic mass is 35.5. The lowest BCUT2D eigenvalue weighted by Crippen LogP contribution is -2.32. The molecule has 90 valence electrons. The van der Waals surface area contributed by atoms with Crippen LogP contribution in [-0.4, -0.2) is 17.6 Å². The summed E-state index contributed by atoms with van der Waals surface area (Å²) >= 11 is 6.11. The molecule has 0 fully saturated rings. The lowest BCUT2D eigenvalue weighted by molar-refractivity contribution is 0.469. The SMILES string of the molecule is CCCNC(CCC)Cc1ncccc1Cl. The van der Waals surface area contributed by atoms with Gasteiger partial charge >= 0.3 is 0 Å². The van der Waals surface area contributed by atoms with Crippen LogP contribution in [0.25, 0.3) is 0 Å². The number of halogens is 1. The number of hydrogen-bond donors (Lipinski definition) is 1. The second-order valence-electron chi connectivity index (χ2n) is 4.08. The van der Waals surface area contributed by atoms with Gasteiger partial charge in [-0.3, -0.25) is 4.98 Å². The van der Waals surface area contributed by atoms with Crippen molar-refractivity contribution in [3.8, 4) is 0 Å². The molecule has 1 N–H and O–H groups in total. The molecule has 1 aromatic heterocycles. The van der Waals surface area contributed by atoms with Gasteiger partial charge in [0.25, 0.3) is 0 Å². The quantitative estimate of drug-likeness (QED) is 0.790. The monoisotopic (exact) mass is 240 g/mol. The summed E-state index contributed by atoms with van der Waals surface area (Å²) in [5, 5.41) is 4.33. The van der Waals surface area contributed by atoms with Gasteiger partial charge in [0.1, 0.15) is 0 Å². The second kappa shape index (κ2) is 7.64. The van der Waals surface area contributed by atoms with Crippen LogP contribution >= 0.6 is 11.6 Å². The van der Waals surface area contributed by atoms with Crippen LogP contribution in [0, 0.1) is 0 Å². The number of rotatable bonds is 7. The normalized spacial score (nSPS) is 12.7. The summed E-state index contributed by atoms with van der Waals surface area (Å²) in [5.74, 6) is 0. The molecule has 1 aromatic rings. The van der Waals surface area contributed by atoms with Crippen molar-refractivity contribution in [3.63, 3.8) is 0 Å². The van der Waals surface area contributed by atoms with Gasteiger partial charge in [-0.25, -0.2) is 0 Å². The molecule has 0 aromatic carbocycles. The number of hydrogen-bond acceptors (Lipinski definition) is 2. The summed E-state index contributed by atoms with van der Waals surface area (Å²) in [4.78, 5) is 4.34. The van der Waals surface area contributed by atoms with Crippen molar-refractivity contribution in [2.24, 2.45) is 0 Å². The van der Waals surface area contributed by atoms with E-state index >= 15 is 0 Å². The first-order chi connectivity index (χ1) is 7.77. The van der Waals surface area contributed by atoms with E-state index in [0.717, 1.165) is 30.1 Å². The fourth-order valence-corrected chi connectivity index (χ4v) is 1.97. The topological polar surface area (TPSA) is 24.9 Å². The van der Waals surface area contributed by atoms with Crippen LogP contribution in [-0.2, 0) is 6.42 Å². The first-order valence-corrected chi connectivity index (χ1v) is 6.48. The van der Waals surface area contributed by atoms with Gasteiger partial charge in [0.2, 0.25) is 0 Å². The third-order valence-corrected chi connectivity index (χ3v) is 2.94. The van der Waals surface area contributed by atoms with Crippen molar-refractivity contribution in [2.45, 2.75) is 45.6 Å². The van der Waals surface area contributed by atoms with Crippen LogP contribution < -0.4 is 5.32 Å². The van der Waals surface area contributed by atoms with E-state index in [1.807, 2.05) is 18.3 Å². The van der Waals surface area contributed by atoms with E-state index in [2.05, 4.69) is 24.1 Å². The Kier molecular flexibility index (Phi) is 6.43. The molecule has 0 radical (unpaired) electrons. The summed E-state index contributed by atoms with van der Waals surface area (Å²) < 4.78 is 0. The number of nitrogens with one attached hydrogen (secondary N) is 1. The van der Waals surface area contributed by atoms with Crippen molar-refractivity contribution >= 4 is 11.6 Å². The van der Waals surface area contributed by atoms with Gasteiger partial charge in [0.15, 0.2) is 0 Å². The van der Waals surface area contributed by atoms with E-state index in [-0.39, 0.29) is 0 Å². The summed E-state index contributed by atoms with van der Waals surface area (Å²) in [7, 11) is 0. The Morgan fingerprint density at radius 2 is 2.19 bits per heavy atom. The van der Waals surface area contributed by atoms with Crippen LogP contribution in [0.2, 0.25) is 5.02 Å². The number of aromatic nitrogens is 1. The van der Waals surface area contributed by atoms with Crippen molar-refractivity contribution in [1.82, 2.24) is 10.3 Å². The van der Waals surface area contributed by atoms with Crippen LogP contribution in [0.4, 0.5) is 0 Å². The Bertz CT molecular complexity index is 302. The average Bonchev–Trinajstić information content (AvgIpc) is 2.29. The van der Waals surface area contributed by atoms with Gasteiger partial charge in [0.05, 0.1) is 10.7 Å². The predicted octanol–water partition coefficient (Wildman–Crippen LogP) is 3.45. The molecule has 1 heterocycles. The first-order valence-electron chi connectivity index (χ1n) is 6.10. The maximum absolute atomic E-state index is 6.11. The highest BCUT2D eigenvalue weighted by Gasteiger charge is 2.10. The van der Waals surface area contributed by atoms with E-state index in [1.54, 1.807) is 0 Å². The van der Waals surface area contributed by atoms with Crippen molar-refractivity contribution < 1.29 is 0 Å². The molecule has 0 spiro atoms. The molecule has 3 heteroatoms. The van der Waals surface area contributed by atoms with Gasteiger partial charge in [-0.1, -0.05) is 31.9 Å². The van der Waals surface area contributed by atoms with E-state index in [0.29, 0.717) is 6.04 Å². The van der Waals surface area contributed by atoms with Gasteiger partial charge in [-0.15, -0.1) is 0 Å². The minimum absolute atomic E-state index is 0.498. The Morgan fingerprint density at radius 3 is 2.81 bits per heavy atom. The maximum Gasteiger partial charge on any atom is 0.0622 e. The number of nitrogens with zero attached hydrogens (tertiary/aromatic N) is 1. The fraction of sp³-hybridized carbons (Fsp3) is 0.615. The van der Waals surface area contributed by atoms with Crippen LogP contribution in [0.5, 0.6) is 0 Å². The first kappa shape index (κ1) is 13.5. The zero-order chi connectivity index (χ0) is 11.8. The van der Waals surface area contributed by atoms with E-state index < -0.39 is 0 Å². The molecule has 0 aliphatic heterocycles. The second-order valence-corrected chi connectivity index (χ2v) is 4.48. The van der Waals surface area contributed by atoms with E-state index in [4.69, 9.17) is 11.6 Å². The van der Waals surface area contributed by atoms with Crippen molar-refractivity contribution in [3.05, 3.63) is 29.0 Å². The molecule has 16 heavy (non-hydrogen) atoms. The third-order valence-electron chi connectivity index (χ3n) is 2.59. The summed E-state index contributed by atoms with van der Waals surface area (Å²) in [6.45, 7) is 5.46. The third kappa shape index (κ3) is 4.50. The van der Waals surface area contributed by atoms with Gasteiger partial charge < -0.3 is 5.32 Å². The van der Waals surface area contributed by atoms with Crippen molar-refractivity contribution in [1.29, 1.82) is 0 Å². The molecule has 1 rings (SSSR count). The largest absolute Gasteiger partial charge is 0.314 e. The summed E-state index contributed by atoms with van der Waals surface area (Å²) in [5.41, 5.74) is 1.01. The highest BCUT2D eigenvalue weighted by Crippen LogP contribution is 2.15. The Hall–Kier alpha value is -0.600. The lowest BCUT2D eigenvalue weighted by atomic mass is 10.1. The minimum Gasteiger partial charge on any atom is -0.314 e. The molecule has 0 saturated heterocycles. The molecule has 1 unspecified atom stereocenters. The van der Waals surface area contributed by atoms with Gasteiger partial charge in [-0.05, 0) is 31.5 Å². The Labute approximate surface area is 103 Å². The van der Waals surface area contributed by atoms with Gasteiger partial charge in [0, 0.05) is 18.7 Å².